The van der Waals surface area contributed by atoms with Gasteiger partial charge < -0.3 is 50.1 Å². The molecule has 0 radical (unpaired) electrons. The van der Waals surface area contributed by atoms with E-state index in [0.717, 1.165) is 18.7 Å². The van der Waals surface area contributed by atoms with Gasteiger partial charge >= 0.3 is 17.9 Å². The fourth-order valence-corrected chi connectivity index (χ4v) is 8.60. The minimum atomic E-state index is -1.19. The fraction of sp³-hybridized carbons (Fsp3) is 0.519. The molecule has 21 nitrogen and oxygen atoms in total. The van der Waals surface area contributed by atoms with E-state index in [1.165, 1.54) is 18.2 Å². The number of benzene rings is 1. The summed E-state index contributed by atoms with van der Waals surface area (Å²) < 4.78 is 13.1. The molecule has 408 valence electrons. The third-order valence-corrected chi connectivity index (χ3v) is 12.7. The summed E-state index contributed by atoms with van der Waals surface area (Å²) in [5.41, 5.74) is 10.3. The van der Waals surface area contributed by atoms with E-state index in [1.54, 1.807) is 13.2 Å². The van der Waals surface area contributed by atoms with Crippen LogP contribution in [0.1, 0.15) is 84.5 Å². The number of likely N-dealkylation sites (N-methyl/N-ethyl adjacent to an activating group) is 2. The first-order valence-corrected chi connectivity index (χ1v) is 25.5. The lowest BCUT2D eigenvalue weighted by molar-refractivity contribution is -0.869. The highest BCUT2D eigenvalue weighted by Gasteiger charge is 2.23. The Morgan fingerprint density at radius 3 is 1.41 bits per heavy atom. The molecule has 7 N–H and O–H groups in total. The summed E-state index contributed by atoms with van der Waals surface area (Å²) in [6.45, 7) is 9.24. The molecule has 1 saturated heterocycles. The van der Waals surface area contributed by atoms with Crippen molar-refractivity contribution in [3.63, 3.8) is 0 Å². The Morgan fingerprint density at radius 2 is 1.03 bits per heavy atom. The van der Waals surface area contributed by atoms with Crippen molar-refractivity contribution in [1.29, 1.82) is 0 Å². The standard InChI is InChI=1S/C54H77N11O10/c1-37-26-44(75-25-9-14-55)33-48(74-8)51(37)40-31-43(60-47(32-40)54(72)73)36-63-21-19-61(34-41-27-38(29-45(58-41)52(68)69)10-12-49(66)56-15-23-64(2,3)4)17-18-62(20-22-63)35-42-28-39(30-46(59-42)53(70)71)11-13-50(67)57-16-24-65(5,6)7/h26-33H,9-25,34-36,55H2,1-8H3,(H3-2,56,57,66,67,68,69,70,71,72,73)/p+2. The van der Waals surface area contributed by atoms with E-state index in [4.69, 9.17) is 15.2 Å². The molecule has 3 aromatic heterocycles. The van der Waals surface area contributed by atoms with Gasteiger partial charge in [-0.3, -0.25) is 24.3 Å². The van der Waals surface area contributed by atoms with Gasteiger partial charge in [-0.1, -0.05) is 0 Å². The van der Waals surface area contributed by atoms with Crippen LogP contribution in [0.5, 0.6) is 11.5 Å². The first-order chi connectivity index (χ1) is 35.5. The molecule has 1 aliphatic rings. The number of pyridine rings is 3. The second-order valence-electron chi connectivity index (χ2n) is 21.2. The number of methoxy groups -OCH3 is 1. The quantitative estimate of drug-likeness (QED) is 0.0370. The molecular weight excluding hydrogens is 963 g/mol. The number of aromatic carboxylic acids is 3. The highest BCUT2D eigenvalue weighted by Crippen LogP contribution is 2.37. The van der Waals surface area contributed by atoms with E-state index < -0.39 is 17.9 Å². The molecule has 0 spiro atoms. The number of amides is 2. The topological polar surface area (TPSA) is 263 Å². The summed E-state index contributed by atoms with van der Waals surface area (Å²) >= 11 is 0. The van der Waals surface area contributed by atoms with Crippen LogP contribution in [-0.4, -0.2) is 212 Å². The summed E-state index contributed by atoms with van der Waals surface area (Å²) in [4.78, 5) is 83.2. The van der Waals surface area contributed by atoms with Crippen LogP contribution in [0.25, 0.3) is 11.1 Å². The predicted octanol–water partition coefficient (Wildman–Crippen LogP) is 3.01. The zero-order chi connectivity index (χ0) is 54.9. The van der Waals surface area contributed by atoms with Crippen molar-refractivity contribution in [1.82, 2.24) is 40.3 Å². The first-order valence-electron chi connectivity index (χ1n) is 25.5. The van der Waals surface area contributed by atoms with Crippen LogP contribution in [0.4, 0.5) is 0 Å². The molecule has 75 heavy (non-hydrogen) atoms. The lowest BCUT2D eigenvalue weighted by Gasteiger charge is -2.26. The summed E-state index contributed by atoms with van der Waals surface area (Å²) in [6, 6.07) is 13.8. The fourth-order valence-electron chi connectivity index (χ4n) is 8.60. The molecule has 0 saturated carbocycles. The number of carboxylic acids is 3. The molecular formula is C54H79N11O10+2. The third-order valence-electron chi connectivity index (χ3n) is 12.7. The lowest BCUT2D eigenvalue weighted by atomic mass is 9.98. The van der Waals surface area contributed by atoms with Crippen molar-refractivity contribution in [2.75, 3.05) is 128 Å². The highest BCUT2D eigenvalue weighted by molar-refractivity contribution is 5.89. The molecule has 0 atom stereocenters. The van der Waals surface area contributed by atoms with Crippen LogP contribution < -0.4 is 25.8 Å². The van der Waals surface area contributed by atoms with Gasteiger partial charge in [0.15, 0.2) is 0 Å². The molecule has 5 rings (SSSR count). The minimum absolute atomic E-state index is 0.122. The molecule has 4 aromatic rings. The van der Waals surface area contributed by atoms with Crippen molar-refractivity contribution < 1.29 is 57.7 Å². The molecule has 4 heterocycles. The van der Waals surface area contributed by atoms with Gasteiger partial charge in [-0.25, -0.2) is 29.3 Å². The summed E-state index contributed by atoms with van der Waals surface area (Å²) in [5.74, 6) is -2.70. The largest absolute Gasteiger partial charge is 0.496 e. The summed E-state index contributed by atoms with van der Waals surface area (Å²) in [7, 11) is 13.8. The number of nitrogens with zero attached hydrogens (tertiary/aromatic N) is 8. The van der Waals surface area contributed by atoms with Gasteiger partial charge in [-0.2, -0.15) is 0 Å². The smallest absolute Gasteiger partial charge is 0.354 e. The number of carbonyl (C=O) groups is 5. The normalized spacial score (nSPS) is 14.1. The Kier molecular flexibility index (Phi) is 21.9. The van der Waals surface area contributed by atoms with Gasteiger partial charge in [0.05, 0.1) is 99.3 Å². The second kappa shape index (κ2) is 27.8. The first kappa shape index (κ1) is 59.3. The maximum absolute atomic E-state index is 12.8. The number of carboxylic acid groups (broad SMARTS) is 3. The predicted molar refractivity (Wildman–Crippen MR) is 284 cm³/mol. The Bertz CT molecular complexity index is 2500. The van der Waals surface area contributed by atoms with Crippen LogP contribution in [0, 0.1) is 6.92 Å². The molecule has 21 heteroatoms. The number of hydrogen-bond acceptors (Lipinski definition) is 14. The number of aromatic nitrogens is 3. The number of rotatable bonds is 27. The number of nitrogens with one attached hydrogen (secondary N) is 2. The lowest BCUT2D eigenvalue weighted by Crippen LogP contribution is -2.41. The van der Waals surface area contributed by atoms with Gasteiger partial charge in [-0.05, 0) is 97.4 Å². The molecule has 1 aliphatic heterocycles. The van der Waals surface area contributed by atoms with E-state index in [-0.39, 0.29) is 61.4 Å². The molecule has 0 aliphatic carbocycles. The van der Waals surface area contributed by atoms with Crippen molar-refractivity contribution >= 4 is 29.7 Å². The number of ether oxygens (including phenoxy) is 2. The van der Waals surface area contributed by atoms with E-state index in [0.29, 0.717) is 145 Å². The minimum Gasteiger partial charge on any atom is -0.496 e. The highest BCUT2D eigenvalue weighted by atomic mass is 16.5. The van der Waals surface area contributed by atoms with Crippen LogP contribution in [0.3, 0.4) is 0 Å². The SMILES string of the molecule is COc1cc(OCCCN)cc(C)c1-c1cc(CN2CCN(Cc3cc(CCC(=O)NCC[N+](C)(C)C)cc(C(=O)O)n3)CCN(Cc3cc(CCC(=O)NCC[N+](C)(C)C)cc(C(=O)O)n3)CC2)nc(C(=O)O)c1. The molecule has 1 aromatic carbocycles. The zero-order valence-electron chi connectivity index (χ0n) is 45.1. The average Bonchev–Trinajstić information content (AvgIpc) is 3.42. The van der Waals surface area contributed by atoms with Crippen LogP contribution >= 0.6 is 0 Å². The number of aryl methyl sites for hydroxylation is 3. The Morgan fingerprint density at radius 1 is 0.613 bits per heavy atom. The van der Waals surface area contributed by atoms with Crippen molar-refractivity contribution in [3.8, 4) is 22.6 Å². The Balaban J connectivity index is 1.45. The van der Waals surface area contributed by atoms with Crippen molar-refractivity contribution in [2.45, 2.75) is 58.7 Å². The number of nitrogens with two attached hydrogens (primary N) is 1. The Labute approximate surface area is 440 Å². The maximum atomic E-state index is 12.8. The molecule has 1 fully saturated rings. The van der Waals surface area contributed by atoms with E-state index >= 15 is 0 Å². The van der Waals surface area contributed by atoms with Crippen molar-refractivity contribution in [2.24, 2.45) is 5.73 Å². The second-order valence-corrected chi connectivity index (χ2v) is 21.2. The summed E-state index contributed by atoms with van der Waals surface area (Å²) in [6.07, 6.45) is 1.67. The van der Waals surface area contributed by atoms with Crippen LogP contribution in [0.15, 0.2) is 48.5 Å². The van der Waals surface area contributed by atoms with Crippen LogP contribution in [0.2, 0.25) is 0 Å². The average molecular weight is 1040 g/mol. The van der Waals surface area contributed by atoms with Crippen molar-refractivity contribution in [3.05, 3.63) is 99.4 Å². The molecule has 2 amide bonds. The maximum Gasteiger partial charge on any atom is 0.354 e. The van der Waals surface area contributed by atoms with E-state index in [9.17, 15) is 39.3 Å². The number of carbonyl (C=O) groups excluding carboxylic acids is 2. The molecule has 0 bridgehead atoms. The Hall–Kier alpha value is -6.62. The zero-order valence-corrected chi connectivity index (χ0v) is 45.1. The number of hydrogen-bond donors (Lipinski definition) is 6. The van der Waals surface area contributed by atoms with Gasteiger partial charge in [-0.15, -0.1) is 0 Å². The van der Waals surface area contributed by atoms with E-state index in [2.05, 4.69) is 40.3 Å². The van der Waals surface area contributed by atoms with Crippen LogP contribution in [-0.2, 0) is 42.1 Å². The monoisotopic (exact) mass is 1040 g/mol. The van der Waals surface area contributed by atoms with Gasteiger partial charge in [0, 0.05) is 83.4 Å². The van der Waals surface area contributed by atoms with Gasteiger partial charge in [0.25, 0.3) is 0 Å². The summed E-state index contributed by atoms with van der Waals surface area (Å²) in [5, 5.41) is 36.5. The number of quaternary nitrogens is 2. The van der Waals surface area contributed by atoms with Gasteiger partial charge in [0.1, 0.15) is 28.6 Å². The van der Waals surface area contributed by atoms with E-state index in [1.807, 2.05) is 73.5 Å². The third kappa shape index (κ3) is 20.2. The molecule has 0 unspecified atom stereocenters. The van der Waals surface area contributed by atoms with Gasteiger partial charge in [0.2, 0.25) is 11.8 Å².